The number of hydrogen-bond donors (Lipinski definition) is 0. The van der Waals surface area contributed by atoms with E-state index in [1.54, 1.807) is 10.9 Å². The SMILES string of the molecule is C=CC(=O)OC(C)Cn1cccn1. The maximum atomic E-state index is 10.8. The quantitative estimate of drug-likeness (QED) is 0.513. The van der Waals surface area contributed by atoms with E-state index in [1.165, 1.54) is 0 Å². The molecule has 1 aromatic rings. The topological polar surface area (TPSA) is 44.1 Å². The second-order valence-corrected chi connectivity index (χ2v) is 2.68. The van der Waals surface area contributed by atoms with Crippen LogP contribution in [0.4, 0.5) is 0 Å². The Labute approximate surface area is 76.8 Å². The van der Waals surface area contributed by atoms with Gasteiger partial charge in [-0.3, -0.25) is 4.68 Å². The Kier molecular flexibility index (Phi) is 3.25. The third-order valence-electron chi connectivity index (χ3n) is 1.49. The van der Waals surface area contributed by atoms with Gasteiger partial charge in [0.15, 0.2) is 0 Å². The molecule has 0 N–H and O–H groups in total. The molecule has 0 aromatic carbocycles. The summed E-state index contributed by atoms with van der Waals surface area (Å²) in [7, 11) is 0. The van der Waals surface area contributed by atoms with Crippen LogP contribution in [0.5, 0.6) is 0 Å². The molecule has 4 heteroatoms. The van der Waals surface area contributed by atoms with Gasteiger partial charge in [-0.05, 0) is 13.0 Å². The molecule has 0 aliphatic heterocycles. The van der Waals surface area contributed by atoms with Crippen molar-refractivity contribution >= 4 is 5.97 Å². The fourth-order valence-corrected chi connectivity index (χ4v) is 0.956. The van der Waals surface area contributed by atoms with E-state index in [-0.39, 0.29) is 6.10 Å². The number of aromatic nitrogens is 2. The molecule has 13 heavy (non-hydrogen) atoms. The lowest BCUT2D eigenvalue weighted by atomic mass is 10.4. The van der Waals surface area contributed by atoms with Crippen molar-refractivity contribution in [1.29, 1.82) is 0 Å². The van der Waals surface area contributed by atoms with Gasteiger partial charge in [0.1, 0.15) is 6.10 Å². The fourth-order valence-electron chi connectivity index (χ4n) is 0.956. The smallest absolute Gasteiger partial charge is 0.330 e. The van der Waals surface area contributed by atoms with Crippen LogP contribution >= 0.6 is 0 Å². The van der Waals surface area contributed by atoms with Gasteiger partial charge >= 0.3 is 5.97 Å². The molecule has 1 atom stereocenters. The van der Waals surface area contributed by atoms with Crippen LogP contribution in [0.25, 0.3) is 0 Å². The zero-order valence-electron chi connectivity index (χ0n) is 7.51. The third-order valence-corrected chi connectivity index (χ3v) is 1.49. The number of carbonyl (C=O) groups is 1. The van der Waals surface area contributed by atoms with Gasteiger partial charge < -0.3 is 4.74 Å². The molecule has 0 bridgehead atoms. The molecule has 0 fully saturated rings. The first-order valence-corrected chi connectivity index (χ1v) is 4.03. The van der Waals surface area contributed by atoms with Crippen LogP contribution in [-0.4, -0.2) is 21.9 Å². The summed E-state index contributed by atoms with van der Waals surface area (Å²) in [5.74, 6) is -0.403. The maximum absolute atomic E-state index is 10.8. The van der Waals surface area contributed by atoms with Crippen LogP contribution in [-0.2, 0) is 16.1 Å². The fraction of sp³-hybridized carbons (Fsp3) is 0.333. The van der Waals surface area contributed by atoms with Crippen molar-refractivity contribution in [2.24, 2.45) is 0 Å². The van der Waals surface area contributed by atoms with Gasteiger partial charge in [0, 0.05) is 18.5 Å². The minimum Gasteiger partial charge on any atom is -0.458 e. The highest BCUT2D eigenvalue weighted by molar-refractivity contribution is 5.81. The van der Waals surface area contributed by atoms with Crippen molar-refractivity contribution in [3.63, 3.8) is 0 Å². The molecule has 0 saturated heterocycles. The molecule has 0 aliphatic rings. The first-order valence-electron chi connectivity index (χ1n) is 4.03. The second-order valence-electron chi connectivity index (χ2n) is 2.68. The highest BCUT2D eigenvalue weighted by Gasteiger charge is 2.06. The summed E-state index contributed by atoms with van der Waals surface area (Å²) in [5, 5.41) is 3.99. The zero-order valence-corrected chi connectivity index (χ0v) is 7.51. The van der Waals surface area contributed by atoms with Crippen molar-refractivity contribution in [3.05, 3.63) is 31.1 Å². The summed E-state index contributed by atoms with van der Waals surface area (Å²) in [6.07, 6.45) is 4.46. The van der Waals surface area contributed by atoms with Crippen LogP contribution in [0, 0.1) is 0 Å². The van der Waals surface area contributed by atoms with Crippen LogP contribution in [0.15, 0.2) is 31.1 Å². The molecule has 0 saturated carbocycles. The Morgan fingerprint density at radius 3 is 3.15 bits per heavy atom. The molecule has 1 heterocycles. The lowest BCUT2D eigenvalue weighted by Crippen LogP contribution is -2.19. The summed E-state index contributed by atoms with van der Waals surface area (Å²) >= 11 is 0. The minimum atomic E-state index is -0.403. The van der Waals surface area contributed by atoms with E-state index in [0.29, 0.717) is 6.54 Å². The lowest BCUT2D eigenvalue weighted by Gasteiger charge is -2.11. The number of rotatable bonds is 4. The van der Waals surface area contributed by atoms with Crippen LogP contribution in [0.2, 0.25) is 0 Å². The molecule has 1 aromatic heterocycles. The zero-order chi connectivity index (χ0) is 9.68. The first-order chi connectivity index (χ1) is 6.22. The van der Waals surface area contributed by atoms with Gasteiger partial charge in [0.25, 0.3) is 0 Å². The number of nitrogens with zero attached hydrogens (tertiary/aromatic N) is 2. The monoisotopic (exact) mass is 180 g/mol. The molecule has 1 rings (SSSR count). The Bertz CT molecular complexity index is 280. The van der Waals surface area contributed by atoms with Crippen LogP contribution in [0.1, 0.15) is 6.92 Å². The van der Waals surface area contributed by atoms with E-state index in [2.05, 4.69) is 11.7 Å². The molecule has 4 nitrogen and oxygen atoms in total. The highest BCUT2D eigenvalue weighted by Crippen LogP contribution is 1.96. The molecule has 1 unspecified atom stereocenters. The van der Waals surface area contributed by atoms with Crippen LogP contribution < -0.4 is 0 Å². The van der Waals surface area contributed by atoms with E-state index >= 15 is 0 Å². The van der Waals surface area contributed by atoms with Gasteiger partial charge in [0.05, 0.1) is 6.54 Å². The molecule has 0 radical (unpaired) electrons. The lowest BCUT2D eigenvalue weighted by molar-refractivity contribution is -0.142. The summed E-state index contributed by atoms with van der Waals surface area (Å²) < 4.78 is 6.66. The van der Waals surface area contributed by atoms with Gasteiger partial charge in [-0.1, -0.05) is 6.58 Å². The molecule has 0 amide bonds. The largest absolute Gasteiger partial charge is 0.458 e. The summed E-state index contributed by atoms with van der Waals surface area (Å²) in [6, 6.07) is 1.82. The molecule has 0 aliphatic carbocycles. The average molecular weight is 180 g/mol. The third kappa shape index (κ3) is 3.11. The Morgan fingerprint density at radius 2 is 2.62 bits per heavy atom. The number of carbonyl (C=O) groups excluding carboxylic acids is 1. The van der Waals surface area contributed by atoms with Gasteiger partial charge in [0.2, 0.25) is 0 Å². The normalized spacial score (nSPS) is 12.1. The van der Waals surface area contributed by atoms with E-state index in [4.69, 9.17) is 4.74 Å². The molecular formula is C9H12N2O2. The minimum absolute atomic E-state index is 0.189. The predicted octanol–water partition coefficient (Wildman–Crippen LogP) is 1.00. The maximum Gasteiger partial charge on any atom is 0.330 e. The number of hydrogen-bond acceptors (Lipinski definition) is 3. The Hall–Kier alpha value is -1.58. The molecule has 70 valence electrons. The van der Waals surface area contributed by atoms with Crippen molar-refractivity contribution in [3.8, 4) is 0 Å². The second kappa shape index (κ2) is 4.45. The van der Waals surface area contributed by atoms with Gasteiger partial charge in [-0.15, -0.1) is 0 Å². The van der Waals surface area contributed by atoms with Crippen molar-refractivity contribution < 1.29 is 9.53 Å². The Balaban J connectivity index is 2.37. The first kappa shape index (κ1) is 9.51. The average Bonchev–Trinajstić information content (AvgIpc) is 2.56. The summed E-state index contributed by atoms with van der Waals surface area (Å²) in [5.41, 5.74) is 0. The van der Waals surface area contributed by atoms with E-state index < -0.39 is 5.97 Å². The molecule has 0 spiro atoms. The highest BCUT2D eigenvalue weighted by atomic mass is 16.5. The van der Waals surface area contributed by atoms with E-state index in [1.807, 2.05) is 19.2 Å². The summed E-state index contributed by atoms with van der Waals surface area (Å²) in [6.45, 7) is 5.68. The predicted molar refractivity (Wildman–Crippen MR) is 48.0 cm³/mol. The van der Waals surface area contributed by atoms with E-state index in [0.717, 1.165) is 6.08 Å². The van der Waals surface area contributed by atoms with Crippen molar-refractivity contribution in [2.75, 3.05) is 0 Å². The van der Waals surface area contributed by atoms with Gasteiger partial charge in [-0.25, -0.2) is 4.79 Å². The van der Waals surface area contributed by atoms with Gasteiger partial charge in [-0.2, -0.15) is 5.10 Å². The Morgan fingerprint density at radius 1 is 1.85 bits per heavy atom. The van der Waals surface area contributed by atoms with E-state index in [9.17, 15) is 4.79 Å². The number of esters is 1. The van der Waals surface area contributed by atoms with Crippen molar-refractivity contribution in [1.82, 2.24) is 9.78 Å². The summed E-state index contributed by atoms with van der Waals surface area (Å²) in [4.78, 5) is 10.8. The number of ether oxygens (including phenoxy) is 1. The standard InChI is InChI=1S/C9H12N2O2/c1-3-9(12)13-8(2)7-11-6-4-5-10-11/h3-6,8H,1,7H2,2H3. The molecular weight excluding hydrogens is 168 g/mol. The van der Waals surface area contributed by atoms with Crippen LogP contribution in [0.3, 0.4) is 0 Å². The van der Waals surface area contributed by atoms with Crippen molar-refractivity contribution in [2.45, 2.75) is 19.6 Å².